The monoisotopic (exact) mass is 391 g/mol. The minimum atomic E-state index is -4.12. The van der Waals surface area contributed by atoms with Crippen LogP contribution in [0, 0.1) is 18.6 Å². The van der Waals surface area contributed by atoms with Crippen molar-refractivity contribution in [1.82, 2.24) is 0 Å². The number of primary sulfonamides is 1. The Labute approximate surface area is 155 Å². The summed E-state index contributed by atoms with van der Waals surface area (Å²) >= 11 is 4.45. The van der Waals surface area contributed by atoms with Crippen LogP contribution in [-0.4, -0.2) is 8.42 Å². The Hall–Kier alpha value is -2.22. The van der Waals surface area contributed by atoms with Gasteiger partial charge in [0.05, 0.1) is 0 Å². The van der Waals surface area contributed by atoms with Crippen LogP contribution in [-0.2, 0) is 10.0 Å². The zero-order valence-corrected chi connectivity index (χ0v) is 15.4. The highest BCUT2D eigenvalue weighted by Crippen LogP contribution is 2.32. The van der Waals surface area contributed by atoms with Gasteiger partial charge in [0.2, 0.25) is 10.0 Å². The minimum absolute atomic E-state index is 0.306. The van der Waals surface area contributed by atoms with Gasteiger partial charge in [-0.3, -0.25) is 0 Å². The summed E-state index contributed by atoms with van der Waals surface area (Å²) in [6.07, 6.45) is 0. The molecule has 2 N–H and O–H groups in total. The second-order valence-corrected chi connectivity index (χ2v) is 7.90. The minimum Gasteiger partial charge on any atom is -0.225 e. The molecule has 0 aliphatic rings. The topological polar surface area (TPSA) is 60.2 Å². The fourth-order valence-corrected chi connectivity index (χ4v) is 3.56. The summed E-state index contributed by atoms with van der Waals surface area (Å²) in [6.45, 7) is 1.68. The lowest BCUT2D eigenvalue weighted by atomic mass is 9.99. The molecule has 0 spiro atoms. The molecule has 0 aliphatic heterocycles. The molecule has 0 aromatic heterocycles. The molecular formula is C19H15F2NO2S2. The second-order valence-electron chi connectivity index (χ2n) is 5.89. The summed E-state index contributed by atoms with van der Waals surface area (Å²) in [4.78, 5) is 0.0285. The molecular weight excluding hydrogens is 376 g/mol. The van der Waals surface area contributed by atoms with Crippen molar-refractivity contribution in [3.05, 3.63) is 71.8 Å². The predicted molar refractivity (Wildman–Crippen MR) is 101 cm³/mol. The van der Waals surface area contributed by atoms with Gasteiger partial charge in [0.1, 0.15) is 16.5 Å². The lowest BCUT2D eigenvalue weighted by molar-refractivity contribution is 0.568. The van der Waals surface area contributed by atoms with Gasteiger partial charge in [-0.05, 0) is 59.0 Å². The molecule has 0 unspecified atom stereocenters. The van der Waals surface area contributed by atoms with Gasteiger partial charge in [-0.2, -0.15) is 0 Å². The first kappa shape index (κ1) is 18.6. The van der Waals surface area contributed by atoms with Gasteiger partial charge in [0, 0.05) is 4.90 Å². The van der Waals surface area contributed by atoms with Crippen LogP contribution in [0.3, 0.4) is 0 Å². The maximum atomic E-state index is 14.0. The SMILES string of the molecule is Cc1ccc(-c2ccc(-c3ccc(S(N)(=O)=O)c(F)c3)cc2S)cc1F. The lowest BCUT2D eigenvalue weighted by Crippen LogP contribution is -2.13. The highest BCUT2D eigenvalue weighted by Gasteiger charge is 2.15. The summed E-state index contributed by atoms with van der Waals surface area (Å²) in [6, 6.07) is 13.8. The van der Waals surface area contributed by atoms with Crippen molar-refractivity contribution in [2.75, 3.05) is 0 Å². The van der Waals surface area contributed by atoms with E-state index in [1.54, 1.807) is 37.3 Å². The summed E-state index contributed by atoms with van der Waals surface area (Å²) < 4.78 is 50.4. The van der Waals surface area contributed by atoms with Crippen LogP contribution in [0.25, 0.3) is 22.3 Å². The summed E-state index contributed by atoms with van der Waals surface area (Å²) in [5.41, 5.74) is 3.09. The van der Waals surface area contributed by atoms with Crippen LogP contribution in [0.4, 0.5) is 8.78 Å². The van der Waals surface area contributed by atoms with Crippen LogP contribution in [0.15, 0.2) is 64.4 Å². The van der Waals surface area contributed by atoms with Crippen LogP contribution in [0.5, 0.6) is 0 Å². The molecule has 134 valence electrons. The molecule has 3 rings (SSSR count). The predicted octanol–water partition coefficient (Wildman–Crippen LogP) is 4.54. The highest BCUT2D eigenvalue weighted by atomic mass is 32.2. The van der Waals surface area contributed by atoms with E-state index in [0.717, 1.165) is 17.7 Å². The standard InChI is InChI=1S/C19H15F2NO2S2/c1-11-2-3-14(9-16(11)20)15-6-4-13(10-18(15)25)12-5-7-19(17(21)8-12)26(22,23)24/h2-10,25H,1H3,(H2,22,23,24). The molecule has 3 nitrogen and oxygen atoms in total. The van der Waals surface area contributed by atoms with E-state index in [9.17, 15) is 17.2 Å². The van der Waals surface area contributed by atoms with Gasteiger partial charge in [0.25, 0.3) is 0 Å². The summed E-state index contributed by atoms with van der Waals surface area (Å²) in [7, 11) is -4.12. The van der Waals surface area contributed by atoms with E-state index in [0.29, 0.717) is 27.1 Å². The second kappa shape index (κ2) is 6.83. The van der Waals surface area contributed by atoms with Crippen molar-refractivity contribution < 1.29 is 17.2 Å². The van der Waals surface area contributed by atoms with Crippen LogP contribution in [0.1, 0.15) is 5.56 Å². The molecule has 7 heteroatoms. The highest BCUT2D eigenvalue weighted by molar-refractivity contribution is 7.89. The van der Waals surface area contributed by atoms with E-state index in [1.165, 1.54) is 12.1 Å². The zero-order chi connectivity index (χ0) is 19.1. The quantitative estimate of drug-likeness (QED) is 0.644. The van der Waals surface area contributed by atoms with Crippen LogP contribution < -0.4 is 5.14 Å². The average Bonchev–Trinajstić information content (AvgIpc) is 2.56. The van der Waals surface area contributed by atoms with Gasteiger partial charge in [-0.1, -0.05) is 30.3 Å². The van der Waals surface area contributed by atoms with Crippen molar-refractivity contribution in [3.8, 4) is 22.3 Å². The molecule has 0 amide bonds. The smallest absolute Gasteiger partial charge is 0.225 e. The number of halogens is 2. The van der Waals surface area contributed by atoms with Crippen molar-refractivity contribution in [3.63, 3.8) is 0 Å². The van der Waals surface area contributed by atoms with Crippen molar-refractivity contribution >= 4 is 22.7 Å². The molecule has 0 saturated heterocycles. The number of hydrogen-bond donors (Lipinski definition) is 2. The Morgan fingerprint density at radius 2 is 1.42 bits per heavy atom. The van der Waals surface area contributed by atoms with Crippen LogP contribution >= 0.6 is 12.6 Å². The third-order valence-electron chi connectivity index (χ3n) is 4.05. The number of thiol groups is 1. The Bertz CT molecular complexity index is 1110. The third kappa shape index (κ3) is 3.65. The van der Waals surface area contributed by atoms with Gasteiger partial charge < -0.3 is 0 Å². The number of aryl methyl sites for hydroxylation is 1. The Morgan fingerprint density at radius 1 is 0.846 bits per heavy atom. The summed E-state index contributed by atoms with van der Waals surface area (Å²) in [5, 5.41) is 4.97. The first-order valence-electron chi connectivity index (χ1n) is 7.59. The van der Waals surface area contributed by atoms with Gasteiger partial charge in [-0.15, -0.1) is 12.6 Å². The molecule has 0 radical (unpaired) electrons. The van der Waals surface area contributed by atoms with Crippen molar-refractivity contribution in [1.29, 1.82) is 0 Å². The summed E-state index contributed by atoms with van der Waals surface area (Å²) in [5.74, 6) is -1.23. The van der Waals surface area contributed by atoms with Gasteiger partial charge >= 0.3 is 0 Å². The Balaban J connectivity index is 2.02. The Morgan fingerprint density at radius 3 is 2.00 bits per heavy atom. The maximum absolute atomic E-state index is 14.0. The average molecular weight is 391 g/mol. The number of nitrogens with two attached hydrogens (primary N) is 1. The molecule has 0 bridgehead atoms. The molecule has 3 aromatic rings. The first-order valence-corrected chi connectivity index (χ1v) is 9.58. The van der Waals surface area contributed by atoms with Crippen LogP contribution in [0.2, 0.25) is 0 Å². The molecule has 0 aliphatic carbocycles. The van der Waals surface area contributed by atoms with E-state index < -0.39 is 20.7 Å². The van der Waals surface area contributed by atoms with E-state index in [4.69, 9.17) is 5.14 Å². The fraction of sp³-hybridized carbons (Fsp3) is 0.0526. The molecule has 0 saturated carbocycles. The van der Waals surface area contributed by atoms with E-state index in [1.807, 2.05) is 0 Å². The molecule has 0 fully saturated rings. The van der Waals surface area contributed by atoms with E-state index in [2.05, 4.69) is 12.6 Å². The van der Waals surface area contributed by atoms with Crippen molar-refractivity contribution in [2.45, 2.75) is 16.7 Å². The number of hydrogen-bond acceptors (Lipinski definition) is 3. The normalized spacial score (nSPS) is 11.6. The number of sulfonamides is 1. The molecule has 0 heterocycles. The largest absolute Gasteiger partial charge is 0.240 e. The number of rotatable bonds is 3. The van der Waals surface area contributed by atoms with Crippen molar-refractivity contribution in [2.24, 2.45) is 5.14 Å². The lowest BCUT2D eigenvalue weighted by Gasteiger charge is -2.10. The fourth-order valence-electron chi connectivity index (χ4n) is 2.63. The van der Waals surface area contributed by atoms with E-state index >= 15 is 0 Å². The molecule has 3 aromatic carbocycles. The molecule has 0 atom stereocenters. The third-order valence-corrected chi connectivity index (χ3v) is 5.37. The maximum Gasteiger partial charge on any atom is 0.240 e. The van der Waals surface area contributed by atoms with Gasteiger partial charge in [0.15, 0.2) is 0 Å². The number of benzene rings is 3. The zero-order valence-electron chi connectivity index (χ0n) is 13.7. The van der Waals surface area contributed by atoms with Gasteiger partial charge in [-0.25, -0.2) is 22.3 Å². The Kier molecular flexibility index (Phi) is 4.88. The van der Waals surface area contributed by atoms with E-state index in [-0.39, 0.29) is 5.82 Å². The molecule has 26 heavy (non-hydrogen) atoms. The first-order chi connectivity index (χ1) is 12.2.